The minimum Gasteiger partial charge on any atom is -0.462 e. The number of hydrogen-bond donors (Lipinski definition) is 0. The first-order chi connectivity index (χ1) is 9.01. The van der Waals surface area contributed by atoms with E-state index in [-0.39, 0.29) is 12.7 Å². The van der Waals surface area contributed by atoms with Gasteiger partial charge >= 0.3 is 14.8 Å². The third-order valence-corrected chi connectivity index (χ3v) is 4.07. The molecule has 9 heteroatoms. The normalized spacial score (nSPS) is 11.4. The molecule has 0 bridgehead atoms. The molecule has 0 aromatic heterocycles. The maximum Gasteiger partial charge on any atom is 0.584 e. The molecular formula is C10H20O8Si. The summed E-state index contributed by atoms with van der Waals surface area (Å²) in [4.78, 5) is 24.8. The maximum atomic E-state index is 11.2. The van der Waals surface area contributed by atoms with Gasteiger partial charge in [-0.15, -0.1) is 0 Å². The van der Waals surface area contributed by atoms with Crippen LogP contribution in [0.25, 0.3) is 0 Å². The summed E-state index contributed by atoms with van der Waals surface area (Å²) in [6.07, 6.45) is 0.418. The Morgan fingerprint density at radius 3 is 1.89 bits per heavy atom. The van der Waals surface area contributed by atoms with Gasteiger partial charge in [0.15, 0.2) is 0 Å². The zero-order chi connectivity index (χ0) is 14.7. The fraction of sp³-hybridized carbons (Fsp3) is 0.700. The van der Waals surface area contributed by atoms with Crippen LogP contribution in [0.15, 0.2) is 12.2 Å². The van der Waals surface area contributed by atoms with Crippen molar-refractivity contribution in [2.24, 2.45) is 0 Å². The van der Waals surface area contributed by atoms with Crippen molar-refractivity contribution in [2.45, 2.75) is 19.4 Å². The molecule has 0 aromatic carbocycles. The van der Waals surface area contributed by atoms with Crippen LogP contribution in [0.2, 0.25) is 6.04 Å². The lowest BCUT2D eigenvalue weighted by Crippen LogP contribution is -2.45. The molecule has 0 saturated carbocycles. The van der Waals surface area contributed by atoms with Gasteiger partial charge in [0.25, 0.3) is 0 Å². The molecule has 0 N–H and O–H groups in total. The Balaban J connectivity index is 4.24. The van der Waals surface area contributed by atoms with Crippen LogP contribution in [-0.4, -0.2) is 42.7 Å². The molecule has 19 heavy (non-hydrogen) atoms. The number of ether oxygens (including phenoxy) is 1. The Kier molecular flexibility index (Phi) is 9.60. The summed E-state index contributed by atoms with van der Waals surface area (Å²) in [7, 11) is 0.644. The predicted molar refractivity (Wildman–Crippen MR) is 65.2 cm³/mol. The van der Waals surface area contributed by atoms with Crippen LogP contribution in [0.3, 0.4) is 0 Å². The summed E-state index contributed by atoms with van der Waals surface area (Å²) >= 11 is 0. The second-order valence-electron chi connectivity index (χ2n) is 3.45. The number of esters is 1. The van der Waals surface area contributed by atoms with E-state index in [1.807, 2.05) is 0 Å². The summed E-state index contributed by atoms with van der Waals surface area (Å²) < 4.78 is 19.8. The van der Waals surface area contributed by atoms with E-state index < -0.39 is 14.8 Å². The second kappa shape index (κ2) is 10.0. The monoisotopic (exact) mass is 296 g/mol. The maximum absolute atomic E-state index is 11.2. The number of rotatable bonds is 11. The van der Waals surface area contributed by atoms with E-state index in [2.05, 4.69) is 21.2 Å². The highest BCUT2D eigenvalue weighted by atomic mass is 28.4. The molecule has 0 atom stereocenters. The van der Waals surface area contributed by atoms with Gasteiger partial charge in [-0.2, -0.15) is 0 Å². The van der Waals surface area contributed by atoms with E-state index in [0.717, 1.165) is 0 Å². The van der Waals surface area contributed by atoms with Gasteiger partial charge in [0.1, 0.15) is 0 Å². The van der Waals surface area contributed by atoms with Crippen molar-refractivity contribution in [3.8, 4) is 0 Å². The van der Waals surface area contributed by atoms with Gasteiger partial charge in [-0.05, 0) is 13.3 Å². The quantitative estimate of drug-likeness (QED) is 0.140. The Morgan fingerprint density at radius 2 is 1.53 bits per heavy atom. The molecule has 0 heterocycles. The van der Waals surface area contributed by atoms with E-state index in [1.54, 1.807) is 6.92 Å². The third kappa shape index (κ3) is 7.37. The molecule has 0 unspecified atom stereocenters. The second-order valence-corrected chi connectivity index (χ2v) is 5.82. The van der Waals surface area contributed by atoms with Gasteiger partial charge in [-0.3, -0.25) is 0 Å². The lowest BCUT2D eigenvalue weighted by Gasteiger charge is -2.23. The molecule has 0 aromatic rings. The summed E-state index contributed by atoms with van der Waals surface area (Å²) in [5.74, 6) is -0.458. The van der Waals surface area contributed by atoms with Crippen molar-refractivity contribution in [1.82, 2.24) is 0 Å². The molecule has 0 aliphatic heterocycles. The summed E-state index contributed by atoms with van der Waals surface area (Å²) in [5, 5.41) is 0. The van der Waals surface area contributed by atoms with Crippen molar-refractivity contribution < 1.29 is 37.9 Å². The molecule has 112 valence electrons. The minimum atomic E-state index is -3.28. The highest BCUT2D eigenvalue weighted by Gasteiger charge is 2.46. The zero-order valence-electron chi connectivity index (χ0n) is 11.6. The molecule has 0 radical (unpaired) electrons. The van der Waals surface area contributed by atoms with Crippen molar-refractivity contribution in [3.63, 3.8) is 0 Å². The van der Waals surface area contributed by atoms with E-state index in [9.17, 15) is 4.79 Å². The van der Waals surface area contributed by atoms with Gasteiger partial charge < -0.3 is 4.74 Å². The topological polar surface area (TPSA) is 81.7 Å². The van der Waals surface area contributed by atoms with Crippen molar-refractivity contribution in [1.29, 1.82) is 0 Å². The molecule has 0 rings (SSSR count). The molecule has 0 aliphatic rings. The van der Waals surface area contributed by atoms with Gasteiger partial charge in [0.2, 0.25) is 0 Å². The van der Waals surface area contributed by atoms with Crippen LogP contribution in [0, 0.1) is 0 Å². The van der Waals surface area contributed by atoms with Crippen LogP contribution in [-0.2, 0) is 37.9 Å². The first-order valence-corrected chi connectivity index (χ1v) is 7.42. The third-order valence-electron chi connectivity index (χ3n) is 1.84. The standard InChI is InChI=1S/C10H20O8Si/c1-9(2)10(11)15-7-6-8-19(16-12-3,17-13-4)18-14-5/h1,6-8H2,2-5H3. The van der Waals surface area contributed by atoms with E-state index in [1.165, 1.54) is 21.3 Å². The van der Waals surface area contributed by atoms with Gasteiger partial charge in [-0.25, -0.2) is 33.2 Å². The van der Waals surface area contributed by atoms with Gasteiger partial charge in [-0.1, -0.05) is 6.58 Å². The summed E-state index contributed by atoms with van der Waals surface area (Å²) in [6, 6.07) is 0.270. The highest BCUT2D eigenvalue weighted by molar-refractivity contribution is 6.59. The lowest BCUT2D eigenvalue weighted by atomic mass is 10.4. The van der Waals surface area contributed by atoms with Crippen LogP contribution in [0.1, 0.15) is 13.3 Å². The average molecular weight is 296 g/mol. The molecule has 0 aliphatic carbocycles. The largest absolute Gasteiger partial charge is 0.584 e. The van der Waals surface area contributed by atoms with Crippen LogP contribution < -0.4 is 0 Å². The number of carbonyl (C=O) groups is 1. The summed E-state index contributed by atoms with van der Waals surface area (Å²) in [6.45, 7) is 5.20. The molecule has 8 nitrogen and oxygen atoms in total. The zero-order valence-corrected chi connectivity index (χ0v) is 12.6. The summed E-state index contributed by atoms with van der Waals surface area (Å²) in [5.41, 5.74) is 0.331. The molecule has 0 amide bonds. The average Bonchev–Trinajstić information content (AvgIpc) is 2.35. The molecular weight excluding hydrogens is 276 g/mol. The van der Waals surface area contributed by atoms with Gasteiger partial charge in [0.05, 0.1) is 27.9 Å². The Bertz CT molecular complexity index is 266. The van der Waals surface area contributed by atoms with Crippen molar-refractivity contribution in [2.75, 3.05) is 27.9 Å². The number of carbonyl (C=O) groups excluding carboxylic acids is 1. The van der Waals surface area contributed by atoms with Crippen molar-refractivity contribution in [3.05, 3.63) is 12.2 Å². The smallest absolute Gasteiger partial charge is 0.462 e. The minimum absolute atomic E-state index is 0.160. The molecule has 0 spiro atoms. The van der Waals surface area contributed by atoms with Crippen LogP contribution >= 0.6 is 0 Å². The Morgan fingerprint density at radius 1 is 1.05 bits per heavy atom. The van der Waals surface area contributed by atoms with Crippen LogP contribution in [0.4, 0.5) is 0 Å². The first-order valence-electron chi connectivity index (χ1n) is 5.49. The Labute approximate surface area is 113 Å². The fourth-order valence-corrected chi connectivity index (χ4v) is 2.80. The van der Waals surface area contributed by atoms with E-state index in [4.69, 9.17) is 18.5 Å². The predicted octanol–water partition coefficient (Wildman–Crippen LogP) is 1.17. The van der Waals surface area contributed by atoms with Crippen molar-refractivity contribution >= 4 is 14.8 Å². The number of hydrogen-bond acceptors (Lipinski definition) is 8. The molecule has 0 saturated heterocycles. The fourth-order valence-electron chi connectivity index (χ4n) is 1.12. The first kappa shape index (κ1) is 18.2. The van der Waals surface area contributed by atoms with Gasteiger partial charge in [0, 0.05) is 11.6 Å². The lowest BCUT2D eigenvalue weighted by molar-refractivity contribution is -0.343. The highest BCUT2D eigenvalue weighted by Crippen LogP contribution is 2.18. The van der Waals surface area contributed by atoms with Crippen LogP contribution in [0.5, 0.6) is 0 Å². The SMILES string of the molecule is C=C(C)C(=O)OCCC[Si](OOC)(OOC)OOC. The molecule has 0 fully saturated rings. The Hall–Kier alpha value is -0.813. The van der Waals surface area contributed by atoms with E-state index in [0.29, 0.717) is 12.0 Å². The van der Waals surface area contributed by atoms with E-state index >= 15 is 0 Å².